The summed E-state index contributed by atoms with van der Waals surface area (Å²) >= 11 is 1.63. The number of hydrogen-bond donors (Lipinski definition) is 1. The molecule has 0 atom stereocenters. The van der Waals surface area contributed by atoms with Crippen molar-refractivity contribution in [2.75, 3.05) is 36.4 Å². The summed E-state index contributed by atoms with van der Waals surface area (Å²) in [4.78, 5) is 22.1. The van der Waals surface area contributed by atoms with Gasteiger partial charge in [-0.15, -0.1) is 5.10 Å². The molecule has 0 unspecified atom stereocenters. The van der Waals surface area contributed by atoms with E-state index < -0.39 is 0 Å². The van der Waals surface area contributed by atoms with Crippen molar-refractivity contribution in [1.29, 1.82) is 0 Å². The first-order valence-electron chi connectivity index (χ1n) is 11.4. The summed E-state index contributed by atoms with van der Waals surface area (Å²) in [5.74, 6) is 1.24. The fraction of sp³-hybridized carbons (Fsp3) is 0.522. The molecule has 3 heterocycles. The summed E-state index contributed by atoms with van der Waals surface area (Å²) in [5.41, 5.74) is 3.35. The van der Waals surface area contributed by atoms with E-state index in [1.54, 1.807) is 11.3 Å². The number of fused-ring (bicyclic) bond motifs is 1. The highest BCUT2D eigenvalue weighted by molar-refractivity contribution is 7.20. The fourth-order valence-corrected chi connectivity index (χ4v) is 5.50. The van der Waals surface area contributed by atoms with Crippen LogP contribution in [0, 0.1) is 6.92 Å². The van der Waals surface area contributed by atoms with Crippen LogP contribution in [-0.4, -0.2) is 57.6 Å². The number of nitrogens with one attached hydrogen (secondary N) is 1. The second-order valence-corrected chi connectivity index (χ2v) is 9.54. The summed E-state index contributed by atoms with van der Waals surface area (Å²) in [7, 11) is 0. The molecular weight excluding hydrogens is 408 g/mol. The molecule has 8 heteroatoms. The van der Waals surface area contributed by atoms with Crippen LogP contribution < -0.4 is 10.2 Å². The second-order valence-electron chi connectivity index (χ2n) is 8.60. The molecule has 2 aliphatic rings. The summed E-state index contributed by atoms with van der Waals surface area (Å²) in [6, 6.07) is 9.05. The lowest BCUT2D eigenvalue weighted by atomic mass is 10.1. The highest BCUT2D eigenvalue weighted by Crippen LogP contribution is 2.35. The second kappa shape index (κ2) is 8.49. The van der Waals surface area contributed by atoms with Crippen LogP contribution in [0.3, 0.4) is 0 Å². The number of carbonyl (C=O) groups is 1. The number of aromatic nitrogens is 3. The van der Waals surface area contributed by atoms with Gasteiger partial charge in [-0.1, -0.05) is 60.9 Å². The van der Waals surface area contributed by atoms with Crippen LogP contribution in [0.5, 0.6) is 0 Å². The first-order chi connectivity index (χ1) is 15.1. The molecule has 1 N–H and O–H groups in total. The van der Waals surface area contributed by atoms with Crippen molar-refractivity contribution in [1.82, 2.24) is 19.5 Å². The molecule has 3 aromatic rings. The fourth-order valence-electron chi connectivity index (χ4n) is 4.54. The van der Waals surface area contributed by atoms with Crippen molar-refractivity contribution in [2.24, 2.45) is 0 Å². The molecule has 1 aliphatic carbocycles. The Balaban J connectivity index is 1.45. The average Bonchev–Trinajstić information content (AvgIpc) is 3.52. The number of carbonyl (C=O) groups excluding carboxylic acids is 1. The maximum absolute atomic E-state index is 12.0. The normalized spacial score (nSPS) is 17.6. The van der Waals surface area contributed by atoms with Crippen LogP contribution in [0.4, 0.5) is 10.9 Å². The smallest absolute Gasteiger partial charge is 0.222 e. The lowest BCUT2D eigenvalue weighted by Crippen LogP contribution is -2.48. The van der Waals surface area contributed by atoms with Crippen LogP contribution >= 0.6 is 11.3 Å². The van der Waals surface area contributed by atoms with Gasteiger partial charge in [0.1, 0.15) is 5.69 Å². The monoisotopic (exact) mass is 438 g/mol. The Morgan fingerprint density at radius 2 is 1.84 bits per heavy atom. The van der Waals surface area contributed by atoms with E-state index in [4.69, 9.17) is 10.1 Å². The van der Waals surface area contributed by atoms with Crippen LogP contribution in [0.2, 0.25) is 0 Å². The number of rotatable bonds is 5. The first-order valence-corrected chi connectivity index (χ1v) is 12.2. The van der Waals surface area contributed by atoms with Crippen molar-refractivity contribution in [3.05, 3.63) is 29.8 Å². The third-order valence-electron chi connectivity index (χ3n) is 6.42. The Morgan fingerprint density at radius 3 is 2.52 bits per heavy atom. The number of aryl methyl sites for hydroxylation is 1. The van der Waals surface area contributed by atoms with Crippen LogP contribution in [0.15, 0.2) is 24.3 Å². The topological polar surface area (TPSA) is 65.8 Å². The van der Waals surface area contributed by atoms with Gasteiger partial charge in [0.25, 0.3) is 0 Å². The minimum Gasteiger partial charge on any atom is -0.365 e. The third-order valence-corrected chi connectivity index (χ3v) is 7.39. The van der Waals surface area contributed by atoms with Gasteiger partial charge in [0.05, 0.1) is 0 Å². The van der Waals surface area contributed by atoms with Gasteiger partial charge >= 0.3 is 0 Å². The highest BCUT2D eigenvalue weighted by Gasteiger charge is 2.26. The number of anilines is 2. The molecule has 1 saturated heterocycles. The van der Waals surface area contributed by atoms with Gasteiger partial charge in [0.15, 0.2) is 5.82 Å². The van der Waals surface area contributed by atoms with Crippen molar-refractivity contribution in [3.63, 3.8) is 0 Å². The minimum atomic E-state index is 0.236. The van der Waals surface area contributed by atoms with Gasteiger partial charge in [0, 0.05) is 44.2 Å². The van der Waals surface area contributed by atoms with Gasteiger partial charge in [-0.3, -0.25) is 4.79 Å². The van der Waals surface area contributed by atoms with E-state index in [2.05, 4.69) is 41.4 Å². The molecule has 0 spiro atoms. The van der Waals surface area contributed by atoms with E-state index in [1.165, 1.54) is 31.2 Å². The van der Waals surface area contributed by atoms with Crippen LogP contribution in [-0.2, 0) is 4.79 Å². The van der Waals surface area contributed by atoms with Gasteiger partial charge in [-0.05, 0) is 19.8 Å². The van der Waals surface area contributed by atoms with Gasteiger partial charge in [-0.2, -0.15) is 4.52 Å². The van der Waals surface area contributed by atoms with E-state index in [0.717, 1.165) is 53.3 Å². The van der Waals surface area contributed by atoms with Crippen molar-refractivity contribution in [2.45, 2.75) is 52.0 Å². The molecule has 164 valence electrons. The Labute approximate surface area is 187 Å². The quantitative estimate of drug-likeness (QED) is 0.647. The molecule has 7 nitrogen and oxygen atoms in total. The van der Waals surface area contributed by atoms with Gasteiger partial charge < -0.3 is 15.1 Å². The molecule has 2 aromatic heterocycles. The zero-order valence-corrected chi connectivity index (χ0v) is 19.1. The van der Waals surface area contributed by atoms with Crippen LogP contribution in [0.1, 0.15) is 44.6 Å². The van der Waals surface area contributed by atoms with Crippen molar-refractivity contribution < 1.29 is 4.79 Å². The third kappa shape index (κ3) is 4.01. The molecular formula is C23H30N6OS. The summed E-state index contributed by atoms with van der Waals surface area (Å²) < 4.78 is 2.00. The standard InChI is InChI=1S/C23H30N6OS/c1-3-19(30)27-12-14-28(15-13-27)23-26-29-21(24-18-6-4-5-7-18)20(25-22(29)31-23)17-10-8-16(2)9-11-17/h8-11,18,24H,3-7,12-15H2,1-2H3. The molecule has 1 amide bonds. The summed E-state index contributed by atoms with van der Waals surface area (Å²) in [5, 5.41) is 9.71. The molecule has 1 aromatic carbocycles. The molecule has 1 saturated carbocycles. The van der Waals surface area contributed by atoms with Crippen LogP contribution in [0.25, 0.3) is 16.2 Å². The largest absolute Gasteiger partial charge is 0.365 e. The van der Waals surface area contributed by atoms with Gasteiger partial charge in [-0.25, -0.2) is 4.98 Å². The zero-order valence-electron chi connectivity index (χ0n) is 18.3. The highest BCUT2D eigenvalue weighted by atomic mass is 32.1. The van der Waals surface area contributed by atoms with Crippen molar-refractivity contribution >= 4 is 33.2 Å². The molecule has 0 radical (unpaired) electrons. The molecule has 31 heavy (non-hydrogen) atoms. The predicted molar refractivity (Wildman–Crippen MR) is 126 cm³/mol. The molecule has 1 aliphatic heterocycles. The number of hydrogen-bond acceptors (Lipinski definition) is 6. The van der Waals surface area contributed by atoms with E-state index in [9.17, 15) is 4.79 Å². The number of benzene rings is 1. The van der Waals surface area contributed by atoms with E-state index in [1.807, 2.05) is 16.3 Å². The average molecular weight is 439 g/mol. The number of amides is 1. The molecule has 5 rings (SSSR count). The number of imidazole rings is 1. The van der Waals surface area contributed by atoms with E-state index in [-0.39, 0.29) is 5.91 Å². The maximum Gasteiger partial charge on any atom is 0.222 e. The lowest BCUT2D eigenvalue weighted by molar-refractivity contribution is -0.131. The molecule has 2 fully saturated rings. The SMILES string of the molecule is CCC(=O)N1CCN(c2nn3c(NC4CCCC4)c(-c4ccc(C)cc4)nc3s2)CC1. The summed E-state index contributed by atoms with van der Waals surface area (Å²) in [6.07, 6.45) is 5.53. The van der Waals surface area contributed by atoms with E-state index in [0.29, 0.717) is 12.5 Å². The zero-order chi connectivity index (χ0) is 21.4. The molecule has 0 bridgehead atoms. The number of nitrogens with zero attached hydrogens (tertiary/aromatic N) is 5. The van der Waals surface area contributed by atoms with E-state index >= 15 is 0 Å². The predicted octanol–water partition coefficient (Wildman–Crippen LogP) is 4.18. The Hall–Kier alpha value is -2.61. The maximum atomic E-state index is 12.0. The first kappa shape index (κ1) is 20.3. The van der Waals surface area contributed by atoms with Crippen molar-refractivity contribution in [3.8, 4) is 11.3 Å². The minimum absolute atomic E-state index is 0.236. The Morgan fingerprint density at radius 1 is 1.13 bits per heavy atom. The Bertz CT molecular complexity index is 1060. The summed E-state index contributed by atoms with van der Waals surface area (Å²) in [6.45, 7) is 7.19. The van der Waals surface area contributed by atoms with Gasteiger partial charge in [0.2, 0.25) is 16.0 Å². The number of piperazine rings is 1. The lowest BCUT2D eigenvalue weighted by Gasteiger charge is -2.34. The Kier molecular flexibility index (Phi) is 5.56.